The molecular formula is C12H14O3. The standard InChI is InChI=1S/C12H14O3/c1-3-10(12(13)14)11-7-5-4-6-9(11)8-15-2/h3-7H,8H2,1-2H3,(H,13,14). The van der Waals surface area contributed by atoms with E-state index >= 15 is 0 Å². The topological polar surface area (TPSA) is 46.5 Å². The Labute approximate surface area is 89.0 Å². The maximum atomic E-state index is 11.0. The smallest absolute Gasteiger partial charge is 0.335 e. The summed E-state index contributed by atoms with van der Waals surface area (Å²) in [4.78, 5) is 11.0. The molecule has 1 N–H and O–H groups in total. The zero-order valence-electron chi connectivity index (χ0n) is 8.86. The molecule has 0 spiro atoms. The van der Waals surface area contributed by atoms with E-state index in [0.717, 1.165) is 5.56 Å². The second-order valence-corrected chi connectivity index (χ2v) is 3.10. The van der Waals surface area contributed by atoms with Crippen molar-refractivity contribution in [2.45, 2.75) is 13.5 Å². The van der Waals surface area contributed by atoms with Crippen LogP contribution in [-0.4, -0.2) is 18.2 Å². The molecule has 1 aromatic rings. The third-order valence-corrected chi connectivity index (χ3v) is 2.13. The zero-order chi connectivity index (χ0) is 11.3. The predicted molar refractivity (Wildman–Crippen MR) is 58.4 cm³/mol. The molecule has 80 valence electrons. The van der Waals surface area contributed by atoms with Crippen LogP contribution in [0.1, 0.15) is 18.1 Å². The van der Waals surface area contributed by atoms with Crippen LogP contribution in [0.2, 0.25) is 0 Å². The normalized spacial score (nSPS) is 11.5. The Bertz CT molecular complexity index is 380. The molecule has 0 radical (unpaired) electrons. The van der Waals surface area contributed by atoms with E-state index in [0.29, 0.717) is 17.7 Å². The Kier molecular flexibility index (Phi) is 4.06. The summed E-state index contributed by atoms with van der Waals surface area (Å²) < 4.78 is 5.02. The van der Waals surface area contributed by atoms with Gasteiger partial charge in [0.1, 0.15) is 0 Å². The van der Waals surface area contributed by atoms with Crippen LogP contribution in [0.4, 0.5) is 0 Å². The molecule has 0 bridgehead atoms. The van der Waals surface area contributed by atoms with Gasteiger partial charge in [-0.05, 0) is 18.1 Å². The summed E-state index contributed by atoms with van der Waals surface area (Å²) in [6, 6.07) is 7.34. The van der Waals surface area contributed by atoms with Crippen molar-refractivity contribution >= 4 is 11.5 Å². The fraction of sp³-hybridized carbons (Fsp3) is 0.250. The molecule has 0 amide bonds. The lowest BCUT2D eigenvalue weighted by Crippen LogP contribution is -2.03. The lowest BCUT2D eigenvalue weighted by molar-refractivity contribution is -0.130. The van der Waals surface area contributed by atoms with Crippen LogP contribution in [0.15, 0.2) is 30.3 Å². The van der Waals surface area contributed by atoms with E-state index in [1.165, 1.54) is 0 Å². The first-order valence-electron chi connectivity index (χ1n) is 4.67. The maximum Gasteiger partial charge on any atom is 0.335 e. The number of carboxylic acids is 1. The number of aliphatic carboxylic acids is 1. The van der Waals surface area contributed by atoms with Gasteiger partial charge in [0.25, 0.3) is 0 Å². The van der Waals surface area contributed by atoms with Gasteiger partial charge in [-0.15, -0.1) is 0 Å². The Balaban J connectivity index is 3.17. The monoisotopic (exact) mass is 206 g/mol. The van der Waals surface area contributed by atoms with E-state index < -0.39 is 5.97 Å². The Morgan fingerprint density at radius 2 is 2.13 bits per heavy atom. The van der Waals surface area contributed by atoms with Crippen molar-refractivity contribution in [2.75, 3.05) is 7.11 Å². The number of carbonyl (C=O) groups is 1. The Morgan fingerprint density at radius 1 is 1.47 bits per heavy atom. The average Bonchev–Trinajstić information content (AvgIpc) is 2.21. The molecule has 1 aromatic carbocycles. The van der Waals surface area contributed by atoms with E-state index in [-0.39, 0.29) is 0 Å². The number of methoxy groups -OCH3 is 1. The number of benzene rings is 1. The number of allylic oxidation sites excluding steroid dienone is 1. The fourth-order valence-electron chi connectivity index (χ4n) is 1.46. The van der Waals surface area contributed by atoms with Crippen molar-refractivity contribution in [1.82, 2.24) is 0 Å². The van der Waals surface area contributed by atoms with Crippen LogP contribution >= 0.6 is 0 Å². The molecule has 0 aliphatic carbocycles. The SMILES string of the molecule is CC=C(C(=O)O)c1ccccc1COC. The molecule has 1 rings (SSSR count). The number of rotatable bonds is 4. The van der Waals surface area contributed by atoms with Gasteiger partial charge < -0.3 is 9.84 Å². The number of hydrogen-bond donors (Lipinski definition) is 1. The average molecular weight is 206 g/mol. The minimum absolute atomic E-state index is 0.308. The van der Waals surface area contributed by atoms with E-state index in [1.54, 1.807) is 26.2 Å². The highest BCUT2D eigenvalue weighted by molar-refractivity contribution is 6.15. The van der Waals surface area contributed by atoms with Gasteiger partial charge in [-0.25, -0.2) is 4.79 Å². The van der Waals surface area contributed by atoms with Crippen LogP contribution in [0.25, 0.3) is 5.57 Å². The lowest BCUT2D eigenvalue weighted by Gasteiger charge is -2.08. The summed E-state index contributed by atoms with van der Waals surface area (Å²) in [5, 5.41) is 9.01. The van der Waals surface area contributed by atoms with Gasteiger partial charge in [0, 0.05) is 7.11 Å². The molecule has 0 aromatic heterocycles. The van der Waals surface area contributed by atoms with Gasteiger partial charge in [0.15, 0.2) is 0 Å². The molecule has 0 fully saturated rings. The van der Waals surface area contributed by atoms with Crippen molar-refractivity contribution in [2.24, 2.45) is 0 Å². The maximum absolute atomic E-state index is 11.0. The van der Waals surface area contributed by atoms with Crippen molar-refractivity contribution in [3.8, 4) is 0 Å². The first-order valence-corrected chi connectivity index (χ1v) is 4.67. The molecule has 15 heavy (non-hydrogen) atoms. The van der Waals surface area contributed by atoms with Crippen LogP contribution < -0.4 is 0 Å². The molecule has 0 unspecified atom stereocenters. The third kappa shape index (κ3) is 2.67. The molecule has 0 saturated heterocycles. The number of hydrogen-bond acceptors (Lipinski definition) is 2. The second-order valence-electron chi connectivity index (χ2n) is 3.10. The third-order valence-electron chi connectivity index (χ3n) is 2.13. The molecule has 0 aliphatic heterocycles. The van der Waals surface area contributed by atoms with Crippen molar-refractivity contribution in [3.05, 3.63) is 41.5 Å². The summed E-state index contributed by atoms with van der Waals surface area (Å²) in [6.07, 6.45) is 1.59. The van der Waals surface area contributed by atoms with Gasteiger partial charge in [0.2, 0.25) is 0 Å². The van der Waals surface area contributed by atoms with Crippen LogP contribution in [0.3, 0.4) is 0 Å². The van der Waals surface area contributed by atoms with E-state index in [4.69, 9.17) is 9.84 Å². The van der Waals surface area contributed by atoms with Gasteiger partial charge in [-0.3, -0.25) is 0 Å². The molecular weight excluding hydrogens is 192 g/mol. The van der Waals surface area contributed by atoms with E-state index in [9.17, 15) is 4.79 Å². The summed E-state index contributed by atoms with van der Waals surface area (Å²) in [5.41, 5.74) is 1.91. The Hall–Kier alpha value is -1.61. The summed E-state index contributed by atoms with van der Waals surface area (Å²) in [7, 11) is 1.59. The van der Waals surface area contributed by atoms with Crippen molar-refractivity contribution in [1.29, 1.82) is 0 Å². The quantitative estimate of drug-likeness (QED) is 0.769. The van der Waals surface area contributed by atoms with Gasteiger partial charge in [-0.2, -0.15) is 0 Å². The molecule has 0 atom stereocenters. The molecule has 0 aliphatic rings. The Morgan fingerprint density at radius 3 is 2.67 bits per heavy atom. The number of carboxylic acid groups (broad SMARTS) is 1. The largest absolute Gasteiger partial charge is 0.478 e. The molecule has 0 heterocycles. The van der Waals surface area contributed by atoms with E-state index in [1.807, 2.05) is 18.2 Å². The van der Waals surface area contributed by atoms with E-state index in [2.05, 4.69) is 0 Å². The van der Waals surface area contributed by atoms with Crippen LogP contribution in [0, 0.1) is 0 Å². The van der Waals surface area contributed by atoms with Gasteiger partial charge in [0.05, 0.1) is 12.2 Å². The van der Waals surface area contributed by atoms with Crippen molar-refractivity contribution in [3.63, 3.8) is 0 Å². The summed E-state index contributed by atoms with van der Waals surface area (Å²) in [5.74, 6) is -0.916. The highest BCUT2D eigenvalue weighted by Crippen LogP contribution is 2.20. The second kappa shape index (κ2) is 5.32. The lowest BCUT2D eigenvalue weighted by atomic mass is 10.00. The highest BCUT2D eigenvalue weighted by atomic mass is 16.5. The first-order chi connectivity index (χ1) is 7.20. The van der Waals surface area contributed by atoms with Crippen LogP contribution in [0.5, 0.6) is 0 Å². The minimum atomic E-state index is -0.916. The molecule has 0 saturated carbocycles. The van der Waals surface area contributed by atoms with Gasteiger partial charge >= 0.3 is 5.97 Å². The zero-order valence-corrected chi connectivity index (χ0v) is 8.86. The minimum Gasteiger partial charge on any atom is -0.478 e. The van der Waals surface area contributed by atoms with Crippen molar-refractivity contribution < 1.29 is 14.6 Å². The number of ether oxygens (including phenoxy) is 1. The van der Waals surface area contributed by atoms with Gasteiger partial charge in [-0.1, -0.05) is 30.3 Å². The fourth-order valence-corrected chi connectivity index (χ4v) is 1.46. The highest BCUT2D eigenvalue weighted by Gasteiger charge is 2.12. The summed E-state index contributed by atoms with van der Waals surface area (Å²) in [6.45, 7) is 2.13. The predicted octanol–water partition coefficient (Wildman–Crippen LogP) is 2.32. The molecule has 3 heteroatoms. The molecule has 3 nitrogen and oxygen atoms in total. The summed E-state index contributed by atoms with van der Waals surface area (Å²) >= 11 is 0. The van der Waals surface area contributed by atoms with Crippen LogP contribution in [-0.2, 0) is 16.1 Å². The first kappa shape index (κ1) is 11.5.